The van der Waals surface area contributed by atoms with Crippen molar-refractivity contribution in [2.75, 3.05) is 19.8 Å². The van der Waals surface area contributed by atoms with Gasteiger partial charge in [-0.25, -0.2) is 0 Å². The van der Waals surface area contributed by atoms with Gasteiger partial charge in [-0.3, -0.25) is 9.59 Å². The Morgan fingerprint density at radius 2 is 0.629 bits per heavy atom. The molecule has 0 heterocycles. The minimum atomic E-state index is -0.537. The Balaban J connectivity index is 4.22. The Bertz CT molecular complexity index is 943. The molecule has 0 saturated heterocycles. The maximum atomic E-state index is 12.8. The van der Waals surface area contributed by atoms with Gasteiger partial charge in [-0.2, -0.15) is 0 Å². The summed E-state index contributed by atoms with van der Waals surface area (Å²) >= 11 is 0. The first kappa shape index (κ1) is 60.4. The molecule has 0 aromatic heterocycles. The normalized spacial score (nSPS) is 12.2. The van der Waals surface area contributed by atoms with Crippen molar-refractivity contribution in [2.24, 2.45) is 0 Å². The van der Waals surface area contributed by atoms with E-state index in [-0.39, 0.29) is 25.2 Å². The summed E-state index contributed by atoms with van der Waals surface area (Å²) in [5, 5.41) is 0. The highest BCUT2D eigenvalue weighted by atomic mass is 16.6. The summed E-state index contributed by atoms with van der Waals surface area (Å²) in [5.41, 5.74) is 0. The Morgan fingerprint density at radius 3 is 1.00 bits per heavy atom. The highest BCUT2D eigenvalue weighted by Gasteiger charge is 2.17. The van der Waals surface area contributed by atoms with E-state index in [0.29, 0.717) is 19.4 Å². The second-order valence-corrected chi connectivity index (χ2v) is 18.8. The summed E-state index contributed by atoms with van der Waals surface area (Å²) in [6.45, 7) is 7.85. The number of hydrogen-bond acceptors (Lipinski definition) is 5. The van der Waals surface area contributed by atoms with Crippen LogP contribution in [0.1, 0.15) is 303 Å². The molecule has 0 N–H and O–H groups in total. The van der Waals surface area contributed by atoms with E-state index in [9.17, 15) is 9.59 Å². The molecule has 0 spiro atoms. The summed E-state index contributed by atoms with van der Waals surface area (Å²) in [4.78, 5) is 25.4. The Hall–Kier alpha value is -1.62. The van der Waals surface area contributed by atoms with Gasteiger partial charge < -0.3 is 14.2 Å². The highest BCUT2D eigenvalue weighted by Crippen LogP contribution is 2.16. The van der Waals surface area contributed by atoms with E-state index in [1.165, 1.54) is 218 Å². The minimum absolute atomic E-state index is 0.0864. The molecule has 1 atom stereocenters. The van der Waals surface area contributed by atoms with Gasteiger partial charge in [0.25, 0.3) is 0 Å². The van der Waals surface area contributed by atoms with E-state index < -0.39 is 6.10 Å². The largest absolute Gasteiger partial charge is 0.462 e. The van der Waals surface area contributed by atoms with Gasteiger partial charge in [0.05, 0.1) is 6.61 Å². The van der Waals surface area contributed by atoms with E-state index in [0.717, 1.165) is 51.4 Å². The van der Waals surface area contributed by atoms with Crippen LogP contribution in [0.4, 0.5) is 0 Å². The quantitative estimate of drug-likeness (QED) is 0.0346. The molecule has 0 amide bonds. The molecular formula is C57H108O5. The molecular weight excluding hydrogens is 765 g/mol. The molecule has 0 aliphatic heterocycles. The zero-order valence-electron chi connectivity index (χ0n) is 42.2. The fourth-order valence-electron chi connectivity index (χ4n) is 8.27. The fourth-order valence-corrected chi connectivity index (χ4v) is 8.27. The molecule has 0 aromatic carbocycles. The fraction of sp³-hybridized carbons (Fsp3) is 0.895. The van der Waals surface area contributed by atoms with Crippen LogP contribution in [-0.2, 0) is 23.8 Å². The molecule has 1 unspecified atom stereocenters. The van der Waals surface area contributed by atoms with E-state index in [1.54, 1.807) is 0 Å². The molecule has 0 bridgehead atoms. The lowest BCUT2D eigenvalue weighted by molar-refractivity contribution is -0.163. The monoisotopic (exact) mass is 873 g/mol. The third-order valence-electron chi connectivity index (χ3n) is 12.5. The Labute approximate surface area is 387 Å². The third kappa shape index (κ3) is 51.0. The molecule has 0 rings (SSSR count). The Kier molecular flexibility index (Phi) is 52.3. The smallest absolute Gasteiger partial charge is 0.306 e. The SMILES string of the molecule is CCCCCC/C=C\CCCCCCCC(=O)OC(COCCCCCCCC/C=C\CCCCCCCC)COC(=O)CCCCCCCCCCCCCCCCCCC. The van der Waals surface area contributed by atoms with Crippen molar-refractivity contribution < 1.29 is 23.8 Å². The van der Waals surface area contributed by atoms with Crippen LogP contribution in [-0.4, -0.2) is 37.9 Å². The predicted molar refractivity (Wildman–Crippen MR) is 270 cm³/mol. The molecule has 5 heteroatoms. The number of carbonyl (C=O) groups is 2. The maximum Gasteiger partial charge on any atom is 0.306 e. The van der Waals surface area contributed by atoms with Crippen molar-refractivity contribution >= 4 is 11.9 Å². The molecule has 0 fully saturated rings. The standard InChI is InChI=1S/C57H108O5/c1-4-7-10-13-16-19-22-25-27-29-30-33-35-38-41-44-47-50-56(58)61-54-55(62-57(59)51-48-45-42-39-36-32-24-21-18-15-12-9-6-3)53-60-52-49-46-43-40-37-34-31-28-26-23-20-17-14-11-8-5-2/h21,24,26,28,55H,4-20,22-23,25,27,29-54H2,1-3H3/b24-21-,28-26-. The first-order chi connectivity index (χ1) is 30.6. The number of unbranched alkanes of at least 4 members (excludes halogenated alkanes) is 37. The van der Waals surface area contributed by atoms with Crippen LogP contribution >= 0.6 is 0 Å². The van der Waals surface area contributed by atoms with Gasteiger partial charge in [0.1, 0.15) is 6.61 Å². The zero-order valence-corrected chi connectivity index (χ0v) is 42.2. The summed E-state index contributed by atoms with van der Waals surface area (Å²) in [7, 11) is 0. The summed E-state index contributed by atoms with van der Waals surface area (Å²) in [6.07, 6.45) is 63.3. The average Bonchev–Trinajstić information content (AvgIpc) is 3.27. The van der Waals surface area contributed by atoms with Crippen molar-refractivity contribution in [3.63, 3.8) is 0 Å². The van der Waals surface area contributed by atoms with Crippen molar-refractivity contribution in [3.05, 3.63) is 24.3 Å². The van der Waals surface area contributed by atoms with Crippen LogP contribution in [0.25, 0.3) is 0 Å². The first-order valence-corrected chi connectivity index (χ1v) is 27.9. The summed E-state index contributed by atoms with van der Waals surface area (Å²) in [6, 6.07) is 0. The van der Waals surface area contributed by atoms with Crippen LogP contribution in [0.3, 0.4) is 0 Å². The second kappa shape index (κ2) is 53.7. The van der Waals surface area contributed by atoms with Crippen LogP contribution in [0.2, 0.25) is 0 Å². The van der Waals surface area contributed by atoms with Crippen molar-refractivity contribution in [3.8, 4) is 0 Å². The Morgan fingerprint density at radius 1 is 0.339 bits per heavy atom. The minimum Gasteiger partial charge on any atom is -0.462 e. The van der Waals surface area contributed by atoms with Crippen LogP contribution < -0.4 is 0 Å². The molecule has 0 aromatic rings. The topological polar surface area (TPSA) is 61.8 Å². The van der Waals surface area contributed by atoms with Gasteiger partial charge in [0.2, 0.25) is 0 Å². The lowest BCUT2D eigenvalue weighted by atomic mass is 10.0. The third-order valence-corrected chi connectivity index (χ3v) is 12.5. The molecule has 0 saturated carbocycles. The van der Waals surface area contributed by atoms with Crippen molar-refractivity contribution in [1.29, 1.82) is 0 Å². The predicted octanol–water partition coefficient (Wildman–Crippen LogP) is 18.8. The number of allylic oxidation sites excluding steroid dienone is 4. The average molecular weight is 873 g/mol. The summed E-state index contributed by atoms with van der Waals surface area (Å²) in [5.74, 6) is -0.391. The second-order valence-electron chi connectivity index (χ2n) is 18.8. The van der Waals surface area contributed by atoms with Gasteiger partial charge in [-0.05, 0) is 70.6 Å². The molecule has 0 aliphatic rings. The van der Waals surface area contributed by atoms with Gasteiger partial charge in [0.15, 0.2) is 6.10 Å². The van der Waals surface area contributed by atoms with E-state index >= 15 is 0 Å². The number of hydrogen-bond donors (Lipinski definition) is 0. The number of esters is 2. The van der Waals surface area contributed by atoms with E-state index in [2.05, 4.69) is 45.1 Å². The summed E-state index contributed by atoms with van der Waals surface area (Å²) < 4.78 is 17.4. The van der Waals surface area contributed by atoms with E-state index in [4.69, 9.17) is 14.2 Å². The zero-order chi connectivity index (χ0) is 44.9. The van der Waals surface area contributed by atoms with Gasteiger partial charge in [-0.1, -0.05) is 244 Å². The lowest BCUT2D eigenvalue weighted by Crippen LogP contribution is -2.30. The van der Waals surface area contributed by atoms with Crippen LogP contribution in [0.5, 0.6) is 0 Å². The van der Waals surface area contributed by atoms with Crippen LogP contribution in [0, 0.1) is 0 Å². The molecule has 5 nitrogen and oxygen atoms in total. The number of rotatable bonds is 52. The molecule has 62 heavy (non-hydrogen) atoms. The number of ether oxygens (including phenoxy) is 3. The molecule has 0 radical (unpaired) electrons. The van der Waals surface area contributed by atoms with Crippen molar-refractivity contribution in [1.82, 2.24) is 0 Å². The van der Waals surface area contributed by atoms with Crippen LogP contribution in [0.15, 0.2) is 24.3 Å². The molecule has 0 aliphatic carbocycles. The van der Waals surface area contributed by atoms with Gasteiger partial charge >= 0.3 is 11.9 Å². The van der Waals surface area contributed by atoms with Crippen molar-refractivity contribution in [2.45, 2.75) is 309 Å². The first-order valence-electron chi connectivity index (χ1n) is 27.9. The highest BCUT2D eigenvalue weighted by molar-refractivity contribution is 5.70. The van der Waals surface area contributed by atoms with Gasteiger partial charge in [-0.15, -0.1) is 0 Å². The van der Waals surface area contributed by atoms with Gasteiger partial charge in [0, 0.05) is 19.4 Å². The number of carbonyl (C=O) groups excluding carboxylic acids is 2. The lowest BCUT2D eigenvalue weighted by Gasteiger charge is -2.18. The van der Waals surface area contributed by atoms with E-state index in [1.807, 2.05) is 0 Å². The molecule has 366 valence electrons. The maximum absolute atomic E-state index is 12.8.